The van der Waals surface area contributed by atoms with Crippen LogP contribution in [0.4, 0.5) is 19.3 Å². The van der Waals surface area contributed by atoms with Crippen LogP contribution in [0.25, 0.3) is 0 Å². The average molecular weight is 312 g/mol. The molecule has 0 aromatic heterocycles. The number of halogens is 2. The highest BCUT2D eigenvalue weighted by molar-refractivity contribution is 6.00. The standard InChI is InChI=1S/C13H14F2N4O3/c1-16-13(22)18-17-12(21)7-2-11(20)19(6-7)10-4-8(14)3-9(15)5-10/h3-5,7H,2,6H2,1H3,(H,17,21)(H2,16,18,22). The van der Waals surface area contributed by atoms with Gasteiger partial charge in [0, 0.05) is 31.8 Å². The molecule has 0 saturated carbocycles. The highest BCUT2D eigenvalue weighted by atomic mass is 19.1. The third-order valence-corrected chi connectivity index (χ3v) is 3.18. The summed E-state index contributed by atoms with van der Waals surface area (Å²) in [5, 5.41) is 2.24. The number of nitrogens with one attached hydrogen (secondary N) is 3. The number of urea groups is 1. The second-order valence-corrected chi connectivity index (χ2v) is 4.73. The highest BCUT2D eigenvalue weighted by Gasteiger charge is 2.35. The molecule has 1 unspecified atom stereocenters. The summed E-state index contributed by atoms with van der Waals surface area (Å²) in [7, 11) is 1.38. The summed E-state index contributed by atoms with van der Waals surface area (Å²) < 4.78 is 26.4. The van der Waals surface area contributed by atoms with E-state index >= 15 is 0 Å². The Morgan fingerprint density at radius 2 is 1.82 bits per heavy atom. The molecule has 0 radical (unpaired) electrons. The molecule has 0 aliphatic carbocycles. The Kier molecular flexibility index (Phi) is 4.54. The third-order valence-electron chi connectivity index (χ3n) is 3.18. The van der Waals surface area contributed by atoms with E-state index in [4.69, 9.17) is 0 Å². The van der Waals surface area contributed by atoms with Crippen LogP contribution in [-0.4, -0.2) is 31.4 Å². The molecule has 1 heterocycles. The Morgan fingerprint density at radius 3 is 2.41 bits per heavy atom. The summed E-state index contributed by atoms with van der Waals surface area (Å²) in [6.45, 7) is -0.0248. The summed E-state index contributed by atoms with van der Waals surface area (Å²) in [5.41, 5.74) is 4.31. The number of hydrogen-bond acceptors (Lipinski definition) is 3. The van der Waals surface area contributed by atoms with Crippen LogP contribution in [0.3, 0.4) is 0 Å². The van der Waals surface area contributed by atoms with Gasteiger partial charge in [0.1, 0.15) is 11.6 Å². The zero-order valence-corrected chi connectivity index (χ0v) is 11.7. The van der Waals surface area contributed by atoms with E-state index in [1.165, 1.54) is 7.05 Å². The first-order valence-corrected chi connectivity index (χ1v) is 6.44. The van der Waals surface area contributed by atoms with Crippen LogP contribution >= 0.6 is 0 Å². The van der Waals surface area contributed by atoms with Crippen molar-refractivity contribution in [2.75, 3.05) is 18.5 Å². The fourth-order valence-corrected chi connectivity index (χ4v) is 2.11. The second kappa shape index (κ2) is 6.37. The topological polar surface area (TPSA) is 90.5 Å². The van der Waals surface area contributed by atoms with Crippen LogP contribution in [0.15, 0.2) is 18.2 Å². The molecule has 0 spiro atoms. The molecule has 4 amide bonds. The van der Waals surface area contributed by atoms with Crippen molar-refractivity contribution in [1.82, 2.24) is 16.2 Å². The molecular formula is C13H14F2N4O3. The number of rotatable bonds is 2. The molecule has 3 N–H and O–H groups in total. The lowest BCUT2D eigenvalue weighted by Crippen LogP contribution is -2.48. The van der Waals surface area contributed by atoms with Crippen molar-refractivity contribution >= 4 is 23.5 Å². The summed E-state index contributed by atoms with van der Waals surface area (Å²) >= 11 is 0. The number of amides is 4. The van der Waals surface area contributed by atoms with Gasteiger partial charge in [-0.15, -0.1) is 0 Å². The van der Waals surface area contributed by atoms with Crippen LogP contribution in [0.2, 0.25) is 0 Å². The van der Waals surface area contributed by atoms with Gasteiger partial charge >= 0.3 is 6.03 Å². The summed E-state index contributed by atoms with van der Waals surface area (Å²) in [4.78, 5) is 35.8. The van der Waals surface area contributed by atoms with Crippen molar-refractivity contribution < 1.29 is 23.2 Å². The molecule has 22 heavy (non-hydrogen) atoms. The summed E-state index contributed by atoms with van der Waals surface area (Å²) in [6, 6.07) is 2.12. The molecule has 1 fully saturated rings. The van der Waals surface area contributed by atoms with Gasteiger partial charge in [-0.3, -0.25) is 15.0 Å². The lowest BCUT2D eigenvalue weighted by Gasteiger charge is -2.17. The number of hydrogen-bond donors (Lipinski definition) is 3. The van der Waals surface area contributed by atoms with Crippen LogP contribution < -0.4 is 21.1 Å². The molecule has 2 rings (SSSR count). The molecule has 1 atom stereocenters. The number of anilines is 1. The Balaban J connectivity index is 2.04. The predicted octanol–water partition coefficient (Wildman–Crippen LogP) is 0.278. The molecule has 0 bridgehead atoms. The predicted molar refractivity (Wildman–Crippen MR) is 72.6 cm³/mol. The minimum Gasteiger partial charge on any atom is -0.340 e. The minimum atomic E-state index is -0.808. The third kappa shape index (κ3) is 3.48. The lowest BCUT2D eigenvalue weighted by molar-refractivity contribution is -0.126. The molecule has 1 aliphatic heterocycles. The average Bonchev–Trinajstić information content (AvgIpc) is 2.85. The van der Waals surface area contributed by atoms with Crippen LogP contribution in [0.5, 0.6) is 0 Å². The maximum Gasteiger partial charge on any atom is 0.333 e. The van der Waals surface area contributed by atoms with Gasteiger partial charge in [0.25, 0.3) is 0 Å². The van der Waals surface area contributed by atoms with Gasteiger partial charge in [-0.1, -0.05) is 0 Å². The Hall–Kier alpha value is -2.71. The maximum absolute atomic E-state index is 13.2. The fourth-order valence-electron chi connectivity index (χ4n) is 2.11. The zero-order valence-electron chi connectivity index (χ0n) is 11.7. The molecule has 1 aromatic carbocycles. The molecule has 118 valence electrons. The van der Waals surface area contributed by atoms with Crippen molar-refractivity contribution in [2.24, 2.45) is 5.92 Å². The summed E-state index contributed by atoms with van der Waals surface area (Å²) in [5.74, 6) is -3.33. The zero-order chi connectivity index (χ0) is 16.3. The highest BCUT2D eigenvalue weighted by Crippen LogP contribution is 2.26. The van der Waals surface area contributed by atoms with Gasteiger partial charge in [0.2, 0.25) is 11.8 Å². The first kappa shape index (κ1) is 15.7. The Bertz CT molecular complexity index is 603. The Morgan fingerprint density at radius 1 is 1.18 bits per heavy atom. The van der Waals surface area contributed by atoms with Gasteiger partial charge < -0.3 is 10.2 Å². The molecular weight excluding hydrogens is 298 g/mol. The van der Waals surface area contributed by atoms with E-state index in [1.54, 1.807) is 0 Å². The number of carbonyl (C=O) groups excluding carboxylic acids is 3. The SMILES string of the molecule is CNC(=O)NNC(=O)C1CC(=O)N(c2cc(F)cc(F)c2)C1. The van der Waals surface area contributed by atoms with Crippen molar-refractivity contribution in [1.29, 1.82) is 0 Å². The van der Waals surface area contributed by atoms with Gasteiger partial charge in [-0.25, -0.2) is 19.0 Å². The molecule has 1 aromatic rings. The number of hydrazine groups is 1. The molecule has 1 aliphatic rings. The molecule has 9 heteroatoms. The maximum atomic E-state index is 13.2. The lowest BCUT2D eigenvalue weighted by atomic mass is 10.1. The van der Waals surface area contributed by atoms with E-state index in [2.05, 4.69) is 16.2 Å². The van der Waals surface area contributed by atoms with Crippen molar-refractivity contribution in [3.05, 3.63) is 29.8 Å². The van der Waals surface area contributed by atoms with Crippen molar-refractivity contribution in [2.45, 2.75) is 6.42 Å². The first-order valence-electron chi connectivity index (χ1n) is 6.44. The van der Waals surface area contributed by atoms with Crippen molar-refractivity contribution in [3.8, 4) is 0 Å². The van der Waals surface area contributed by atoms with Crippen LogP contribution in [0.1, 0.15) is 6.42 Å². The van der Waals surface area contributed by atoms with E-state index in [0.717, 1.165) is 17.0 Å². The molecule has 1 saturated heterocycles. The van der Waals surface area contributed by atoms with Gasteiger partial charge in [-0.2, -0.15) is 0 Å². The smallest absolute Gasteiger partial charge is 0.333 e. The van der Waals surface area contributed by atoms with Gasteiger partial charge in [-0.05, 0) is 12.1 Å². The van der Waals surface area contributed by atoms with E-state index < -0.39 is 35.4 Å². The normalized spacial score (nSPS) is 17.3. The Labute approximate surface area is 124 Å². The fraction of sp³-hybridized carbons (Fsp3) is 0.308. The quantitative estimate of drug-likeness (QED) is 0.685. The molecule has 7 nitrogen and oxygen atoms in total. The number of carbonyl (C=O) groups is 3. The van der Waals surface area contributed by atoms with Crippen molar-refractivity contribution in [3.63, 3.8) is 0 Å². The monoisotopic (exact) mass is 312 g/mol. The summed E-state index contributed by atoms with van der Waals surface area (Å²) in [6.07, 6.45) is -0.112. The van der Waals surface area contributed by atoms with E-state index in [1.807, 2.05) is 0 Å². The first-order chi connectivity index (χ1) is 10.4. The number of benzene rings is 1. The van der Waals surface area contributed by atoms with Gasteiger partial charge in [0.05, 0.1) is 5.92 Å². The largest absolute Gasteiger partial charge is 0.340 e. The number of nitrogens with zero attached hydrogens (tertiary/aromatic N) is 1. The van der Waals surface area contributed by atoms with Crippen LogP contribution in [0, 0.1) is 17.6 Å². The minimum absolute atomic E-state index is 0.0248. The van der Waals surface area contributed by atoms with Crippen LogP contribution in [-0.2, 0) is 9.59 Å². The second-order valence-electron chi connectivity index (χ2n) is 4.73. The van der Waals surface area contributed by atoms with Gasteiger partial charge in [0.15, 0.2) is 0 Å². The van der Waals surface area contributed by atoms with E-state index in [9.17, 15) is 23.2 Å². The van der Waals surface area contributed by atoms with E-state index in [-0.39, 0.29) is 18.7 Å². The van der Waals surface area contributed by atoms with E-state index in [0.29, 0.717) is 6.07 Å².